The number of carbonyl (C=O) groups excluding carboxylic acids is 1. The summed E-state index contributed by atoms with van der Waals surface area (Å²) in [6.07, 6.45) is 4.20. The second-order valence-corrected chi connectivity index (χ2v) is 7.55. The maximum atomic E-state index is 12.1. The molecule has 0 unspecified atom stereocenters. The van der Waals surface area contributed by atoms with Gasteiger partial charge in [0.25, 0.3) is 0 Å². The van der Waals surface area contributed by atoms with Gasteiger partial charge in [-0.25, -0.2) is 8.42 Å². The molecule has 2 rings (SSSR count). The maximum Gasteiger partial charge on any atom is 0.178 e. The van der Waals surface area contributed by atoms with Gasteiger partial charge >= 0.3 is 0 Å². The molecule has 1 aliphatic rings. The minimum absolute atomic E-state index is 0.171. The van der Waals surface area contributed by atoms with E-state index in [0.29, 0.717) is 5.56 Å². The van der Waals surface area contributed by atoms with Crippen molar-refractivity contribution in [1.29, 1.82) is 0 Å². The summed E-state index contributed by atoms with van der Waals surface area (Å²) in [6.45, 7) is 1.83. The Hall–Kier alpha value is -1.16. The normalized spacial score (nSPS) is 16.7. The lowest BCUT2D eigenvalue weighted by Crippen LogP contribution is -2.23. The molecule has 1 aromatic rings. The van der Waals surface area contributed by atoms with Crippen LogP contribution < -0.4 is 0 Å². The van der Waals surface area contributed by atoms with Crippen LogP contribution in [0.25, 0.3) is 0 Å². The van der Waals surface area contributed by atoms with Gasteiger partial charge in [-0.15, -0.1) is 0 Å². The highest BCUT2D eigenvalue weighted by Gasteiger charge is 2.25. The number of hydrogen-bond donors (Lipinski definition) is 0. The minimum atomic E-state index is -3.28. The van der Waals surface area contributed by atoms with E-state index in [4.69, 9.17) is 0 Å². The number of Topliss-reactive ketones (excluding diaryl/α,β-unsaturated/α-hetero) is 1. The third-order valence-corrected chi connectivity index (χ3v) is 5.44. The molecule has 4 heteroatoms. The van der Waals surface area contributed by atoms with Crippen molar-refractivity contribution in [1.82, 2.24) is 0 Å². The van der Waals surface area contributed by atoms with Crippen molar-refractivity contribution < 1.29 is 13.2 Å². The van der Waals surface area contributed by atoms with Crippen molar-refractivity contribution in [2.75, 3.05) is 11.5 Å². The molecule has 0 heterocycles. The smallest absolute Gasteiger partial charge is 0.178 e. The van der Waals surface area contributed by atoms with Gasteiger partial charge in [-0.2, -0.15) is 0 Å². The zero-order valence-electron chi connectivity index (χ0n) is 11.3. The van der Waals surface area contributed by atoms with Crippen molar-refractivity contribution in [3.05, 3.63) is 35.4 Å². The van der Waals surface area contributed by atoms with Gasteiger partial charge in [0.15, 0.2) is 15.6 Å². The lowest BCUT2D eigenvalue weighted by atomic mass is 10.1. The van der Waals surface area contributed by atoms with Gasteiger partial charge in [-0.1, -0.05) is 37.1 Å². The van der Waals surface area contributed by atoms with Gasteiger partial charge in [0.2, 0.25) is 0 Å². The molecular formula is C15H20O3S. The molecule has 0 saturated heterocycles. The number of rotatable bonds is 5. The van der Waals surface area contributed by atoms with E-state index in [9.17, 15) is 13.2 Å². The monoisotopic (exact) mass is 280 g/mol. The quantitative estimate of drug-likeness (QED) is 0.779. The van der Waals surface area contributed by atoms with Crippen LogP contribution in [0.4, 0.5) is 0 Å². The first-order valence-electron chi connectivity index (χ1n) is 6.77. The van der Waals surface area contributed by atoms with Crippen LogP contribution in [0.1, 0.15) is 41.6 Å². The van der Waals surface area contributed by atoms with Gasteiger partial charge in [0, 0.05) is 5.56 Å². The predicted molar refractivity (Wildman–Crippen MR) is 76.1 cm³/mol. The molecule has 3 nitrogen and oxygen atoms in total. The van der Waals surface area contributed by atoms with E-state index in [1.165, 1.54) is 0 Å². The molecule has 1 saturated carbocycles. The molecule has 19 heavy (non-hydrogen) atoms. The summed E-state index contributed by atoms with van der Waals surface area (Å²) in [5, 5.41) is 0. The van der Waals surface area contributed by atoms with Crippen LogP contribution in [0.3, 0.4) is 0 Å². The Morgan fingerprint density at radius 1 is 1.21 bits per heavy atom. The van der Waals surface area contributed by atoms with E-state index in [1.54, 1.807) is 12.1 Å². The Kier molecular flexibility index (Phi) is 4.40. The molecule has 104 valence electrons. The first kappa shape index (κ1) is 14.3. The molecular weight excluding hydrogens is 260 g/mol. The summed E-state index contributed by atoms with van der Waals surface area (Å²) in [7, 11) is -3.28. The third-order valence-electron chi connectivity index (χ3n) is 3.76. The lowest BCUT2D eigenvalue weighted by molar-refractivity contribution is 0.102. The average Bonchev–Trinajstić information content (AvgIpc) is 2.80. The first-order valence-corrected chi connectivity index (χ1v) is 8.59. The Balaban J connectivity index is 2.03. The second-order valence-electron chi connectivity index (χ2n) is 5.44. The summed E-state index contributed by atoms with van der Waals surface area (Å²) in [5.74, 6) is -0.204. The molecule has 1 fully saturated rings. The van der Waals surface area contributed by atoms with E-state index >= 15 is 0 Å². The average molecular weight is 280 g/mol. The Labute approximate surface area is 114 Å². The minimum Gasteiger partial charge on any atom is -0.293 e. The summed E-state index contributed by atoms with van der Waals surface area (Å²) < 4.78 is 24.1. The largest absolute Gasteiger partial charge is 0.293 e. The van der Waals surface area contributed by atoms with Crippen molar-refractivity contribution in [3.8, 4) is 0 Å². The van der Waals surface area contributed by atoms with Crippen LogP contribution in [0.15, 0.2) is 24.3 Å². The first-order chi connectivity index (χ1) is 8.98. The summed E-state index contributed by atoms with van der Waals surface area (Å²) in [6, 6.07) is 7.14. The number of benzene rings is 1. The number of ketones is 1. The summed E-state index contributed by atoms with van der Waals surface area (Å²) in [5.41, 5.74) is 1.36. The topological polar surface area (TPSA) is 51.2 Å². The van der Waals surface area contributed by atoms with Gasteiger partial charge in [-0.05, 0) is 31.2 Å². The SMILES string of the molecule is Cc1ccccc1C(=O)CS(=O)(=O)CC1CCCC1. The van der Waals surface area contributed by atoms with Crippen LogP contribution in [0.5, 0.6) is 0 Å². The maximum absolute atomic E-state index is 12.1. The second kappa shape index (κ2) is 5.87. The Morgan fingerprint density at radius 2 is 1.84 bits per heavy atom. The zero-order valence-corrected chi connectivity index (χ0v) is 12.1. The van der Waals surface area contributed by atoms with Gasteiger partial charge in [0.05, 0.1) is 5.75 Å². The number of sulfone groups is 1. The molecule has 0 radical (unpaired) electrons. The van der Waals surface area contributed by atoms with Gasteiger partial charge in [0.1, 0.15) is 5.75 Å². The van der Waals surface area contributed by atoms with Crippen molar-refractivity contribution in [2.24, 2.45) is 5.92 Å². The Bertz CT molecular complexity index is 555. The predicted octanol–water partition coefficient (Wildman–Crippen LogP) is 2.78. The van der Waals surface area contributed by atoms with Crippen LogP contribution >= 0.6 is 0 Å². The lowest BCUT2D eigenvalue weighted by Gasteiger charge is -2.10. The molecule has 0 atom stereocenters. The Morgan fingerprint density at radius 3 is 2.47 bits per heavy atom. The van der Waals surface area contributed by atoms with E-state index in [1.807, 2.05) is 19.1 Å². The van der Waals surface area contributed by atoms with Crippen LogP contribution in [-0.2, 0) is 9.84 Å². The highest BCUT2D eigenvalue weighted by Crippen LogP contribution is 2.26. The zero-order chi connectivity index (χ0) is 13.9. The van der Waals surface area contributed by atoms with E-state index in [2.05, 4.69) is 0 Å². The summed E-state index contributed by atoms with van der Waals surface area (Å²) in [4.78, 5) is 12.1. The highest BCUT2D eigenvalue weighted by atomic mass is 32.2. The molecule has 0 aliphatic heterocycles. The van der Waals surface area contributed by atoms with Crippen molar-refractivity contribution >= 4 is 15.6 Å². The molecule has 1 aromatic carbocycles. The molecule has 1 aliphatic carbocycles. The van der Waals surface area contributed by atoms with E-state index in [0.717, 1.165) is 31.2 Å². The molecule has 0 spiro atoms. The van der Waals surface area contributed by atoms with E-state index < -0.39 is 9.84 Å². The van der Waals surface area contributed by atoms with Crippen molar-refractivity contribution in [2.45, 2.75) is 32.6 Å². The number of aryl methyl sites for hydroxylation is 1. The third kappa shape index (κ3) is 3.90. The summed E-state index contributed by atoms with van der Waals surface area (Å²) >= 11 is 0. The fraction of sp³-hybridized carbons (Fsp3) is 0.533. The van der Waals surface area contributed by atoms with Crippen molar-refractivity contribution in [3.63, 3.8) is 0 Å². The standard InChI is InChI=1S/C15H20O3S/c1-12-6-2-5-9-14(12)15(16)11-19(17,18)10-13-7-3-4-8-13/h2,5-6,9,13H,3-4,7-8,10-11H2,1H3. The number of carbonyl (C=O) groups is 1. The molecule has 0 aromatic heterocycles. The van der Waals surface area contributed by atoms with Gasteiger partial charge < -0.3 is 0 Å². The van der Waals surface area contributed by atoms with E-state index in [-0.39, 0.29) is 23.2 Å². The fourth-order valence-corrected chi connectivity index (χ4v) is 4.48. The van der Waals surface area contributed by atoms with Gasteiger partial charge in [-0.3, -0.25) is 4.79 Å². The fourth-order valence-electron chi connectivity index (χ4n) is 2.76. The molecule has 0 bridgehead atoms. The highest BCUT2D eigenvalue weighted by molar-refractivity contribution is 7.92. The van der Waals surface area contributed by atoms with Crippen LogP contribution in [0, 0.1) is 12.8 Å². The molecule has 0 amide bonds. The number of hydrogen-bond acceptors (Lipinski definition) is 3. The molecule has 0 N–H and O–H groups in total. The van der Waals surface area contributed by atoms with Crippen LogP contribution in [0.2, 0.25) is 0 Å². The van der Waals surface area contributed by atoms with Crippen LogP contribution in [-0.4, -0.2) is 25.7 Å².